The lowest BCUT2D eigenvalue weighted by Crippen LogP contribution is -2.53. The van der Waals surface area contributed by atoms with Crippen LogP contribution in [0.1, 0.15) is 0 Å². The van der Waals surface area contributed by atoms with Crippen LogP contribution in [-0.4, -0.2) is 26.4 Å². The SMILES string of the molecule is CN[P+]1(NC)N[P+]2(NC=CS2)N[P+]2(NCCS2)N1. The fourth-order valence-corrected chi connectivity index (χ4v) is 23.7. The van der Waals surface area contributed by atoms with Gasteiger partial charge in [-0.05, 0) is 0 Å². The van der Waals surface area contributed by atoms with Crippen molar-refractivity contribution in [2.24, 2.45) is 0 Å². The first kappa shape index (κ1) is 14.2. The summed E-state index contributed by atoms with van der Waals surface area (Å²) in [6.07, 6.45) is 2.03. The lowest BCUT2D eigenvalue weighted by molar-refractivity contribution is 0.978. The van der Waals surface area contributed by atoms with Crippen molar-refractivity contribution in [1.29, 1.82) is 0 Å². The minimum atomic E-state index is -1.75. The maximum atomic E-state index is 3.82. The molecule has 3 rings (SSSR count). The summed E-state index contributed by atoms with van der Waals surface area (Å²) in [4.78, 5) is 11.3. The molecule has 2 unspecified atom stereocenters. The van der Waals surface area contributed by atoms with E-state index in [4.69, 9.17) is 0 Å². The van der Waals surface area contributed by atoms with Gasteiger partial charge in [-0.1, -0.05) is 0 Å². The fraction of sp³-hybridized carbons (Fsp3) is 0.667. The Morgan fingerprint density at radius 1 is 1.11 bits per heavy atom. The van der Waals surface area contributed by atoms with Crippen LogP contribution >= 0.6 is 44.5 Å². The summed E-state index contributed by atoms with van der Waals surface area (Å²) >= 11 is 3.83. The van der Waals surface area contributed by atoms with Crippen molar-refractivity contribution < 1.29 is 0 Å². The molecule has 2 spiro atoms. The lowest BCUT2D eigenvalue weighted by atomic mass is 10.8. The van der Waals surface area contributed by atoms with Crippen molar-refractivity contribution in [3.8, 4) is 0 Å². The smallest absolute Gasteiger partial charge is 0.221 e. The van der Waals surface area contributed by atoms with Crippen LogP contribution in [0.15, 0.2) is 11.6 Å². The molecule has 0 aromatic carbocycles. The van der Waals surface area contributed by atoms with Crippen LogP contribution in [0.2, 0.25) is 0 Å². The molecule has 0 aliphatic carbocycles. The molecule has 3 aliphatic rings. The average molecular weight is 346 g/mol. The molecule has 12 heteroatoms. The van der Waals surface area contributed by atoms with Crippen molar-refractivity contribution in [3.05, 3.63) is 11.6 Å². The summed E-state index contributed by atoms with van der Waals surface area (Å²) < 4.78 is 0. The second kappa shape index (κ2) is 5.24. The van der Waals surface area contributed by atoms with E-state index < -0.39 is 21.7 Å². The Morgan fingerprint density at radius 3 is 2.44 bits per heavy atom. The zero-order chi connectivity index (χ0) is 12.7. The van der Waals surface area contributed by atoms with Gasteiger partial charge in [-0.25, -0.2) is 5.09 Å². The Kier molecular flexibility index (Phi) is 4.15. The van der Waals surface area contributed by atoms with Crippen LogP contribution in [0.3, 0.4) is 0 Å². The van der Waals surface area contributed by atoms with E-state index in [1.807, 2.05) is 43.1 Å². The normalized spacial score (nSPS) is 41.7. The molecule has 102 valence electrons. The van der Waals surface area contributed by atoms with Crippen molar-refractivity contribution in [3.63, 3.8) is 0 Å². The molecular formula is C6H19N7P3S2+3. The molecular weight excluding hydrogens is 327 g/mol. The lowest BCUT2D eigenvalue weighted by Gasteiger charge is -2.35. The van der Waals surface area contributed by atoms with Crippen LogP contribution in [-0.2, 0) is 0 Å². The third kappa shape index (κ3) is 2.45. The van der Waals surface area contributed by atoms with Gasteiger partial charge in [0.15, 0.2) is 0 Å². The van der Waals surface area contributed by atoms with Gasteiger partial charge in [0.25, 0.3) is 0 Å². The highest BCUT2D eigenvalue weighted by Gasteiger charge is 2.74. The molecule has 7 N–H and O–H groups in total. The first-order valence-corrected chi connectivity index (χ1v) is 14.0. The Morgan fingerprint density at radius 2 is 1.89 bits per heavy atom. The number of hydrogen-bond acceptors (Lipinski definition) is 9. The largest absolute Gasteiger partial charge is 0.386 e. The molecule has 18 heavy (non-hydrogen) atoms. The van der Waals surface area contributed by atoms with Crippen molar-refractivity contribution in [2.45, 2.75) is 0 Å². The molecule has 3 aliphatic heterocycles. The van der Waals surface area contributed by atoms with Crippen molar-refractivity contribution >= 4 is 44.5 Å². The van der Waals surface area contributed by atoms with Gasteiger partial charge < -0.3 is 0 Å². The summed E-state index contributed by atoms with van der Waals surface area (Å²) in [6, 6.07) is 0. The van der Waals surface area contributed by atoms with E-state index in [1.54, 1.807) is 0 Å². The van der Waals surface area contributed by atoms with E-state index >= 15 is 0 Å². The molecule has 7 nitrogen and oxygen atoms in total. The second-order valence-corrected chi connectivity index (χ2v) is 17.4. The third-order valence-corrected chi connectivity index (χ3v) is 20.2. The zero-order valence-electron chi connectivity index (χ0n) is 10.2. The van der Waals surface area contributed by atoms with E-state index in [2.05, 4.69) is 40.3 Å². The Bertz CT molecular complexity index is 330. The van der Waals surface area contributed by atoms with E-state index in [9.17, 15) is 0 Å². The van der Waals surface area contributed by atoms with Gasteiger partial charge in [0.05, 0.1) is 17.1 Å². The fourth-order valence-electron chi connectivity index (χ4n) is 1.95. The van der Waals surface area contributed by atoms with Crippen LogP contribution < -0.4 is 34.9 Å². The van der Waals surface area contributed by atoms with Gasteiger partial charge >= 0.3 is 21.7 Å². The quantitative estimate of drug-likeness (QED) is 0.375. The minimum absolute atomic E-state index is 1.06. The maximum absolute atomic E-state index is 3.82. The Balaban J connectivity index is 1.90. The predicted molar refractivity (Wildman–Crippen MR) is 88.6 cm³/mol. The van der Waals surface area contributed by atoms with Crippen molar-refractivity contribution in [1.82, 2.24) is 34.9 Å². The predicted octanol–water partition coefficient (Wildman–Crippen LogP) is 1.38. The average Bonchev–Trinajstić information content (AvgIpc) is 2.99. The van der Waals surface area contributed by atoms with Crippen molar-refractivity contribution in [2.75, 3.05) is 26.4 Å². The van der Waals surface area contributed by atoms with E-state index in [-0.39, 0.29) is 0 Å². The highest BCUT2D eigenvalue weighted by molar-refractivity contribution is 8.69. The summed E-state index contributed by atoms with van der Waals surface area (Å²) in [5.41, 5.74) is 0. The molecule has 0 bridgehead atoms. The molecule has 0 aromatic rings. The summed E-state index contributed by atoms with van der Waals surface area (Å²) in [5, 5.41) is 16.1. The van der Waals surface area contributed by atoms with Gasteiger partial charge in [0, 0.05) is 46.8 Å². The van der Waals surface area contributed by atoms with E-state index in [0.717, 1.165) is 12.3 Å². The molecule has 0 saturated carbocycles. The summed E-state index contributed by atoms with van der Waals surface area (Å²) in [6.45, 7) is -2.12. The second-order valence-electron chi connectivity index (χ2n) is 3.92. The van der Waals surface area contributed by atoms with Gasteiger partial charge in [0.1, 0.15) is 11.4 Å². The summed E-state index contributed by atoms with van der Waals surface area (Å²) in [5.74, 6) is 1.15. The molecule has 0 radical (unpaired) electrons. The molecule has 0 aromatic heterocycles. The molecule has 2 atom stereocenters. The van der Waals surface area contributed by atoms with Gasteiger partial charge in [0.2, 0.25) is 0 Å². The molecule has 2 fully saturated rings. The monoisotopic (exact) mass is 346 g/mol. The van der Waals surface area contributed by atoms with Gasteiger partial charge in [-0.2, -0.15) is 0 Å². The highest BCUT2D eigenvalue weighted by Crippen LogP contribution is 2.84. The zero-order valence-corrected chi connectivity index (χ0v) is 14.5. The van der Waals surface area contributed by atoms with Crippen LogP contribution in [0.25, 0.3) is 0 Å². The summed E-state index contributed by atoms with van der Waals surface area (Å²) in [7, 11) is 2.24. The molecule has 3 heterocycles. The molecule has 0 amide bonds. The van der Waals surface area contributed by atoms with Gasteiger partial charge in [-0.3, -0.25) is 0 Å². The third-order valence-electron chi connectivity index (χ3n) is 2.80. The molecule has 2 saturated heterocycles. The Hall–Kier alpha value is 1.29. The van der Waals surface area contributed by atoms with E-state index in [1.165, 1.54) is 0 Å². The Labute approximate surface area is 117 Å². The van der Waals surface area contributed by atoms with E-state index in [0.29, 0.717) is 0 Å². The highest BCUT2D eigenvalue weighted by atomic mass is 32.8. The van der Waals surface area contributed by atoms with Crippen LogP contribution in [0.4, 0.5) is 0 Å². The maximum Gasteiger partial charge on any atom is 0.386 e. The first-order chi connectivity index (χ1) is 8.66. The van der Waals surface area contributed by atoms with Crippen LogP contribution in [0.5, 0.6) is 0 Å². The van der Waals surface area contributed by atoms with Gasteiger partial charge in [-0.15, -0.1) is 15.3 Å². The number of hydrogen-bond donors (Lipinski definition) is 7. The van der Waals surface area contributed by atoms with Crippen LogP contribution in [0, 0.1) is 0 Å². The standard InChI is InChI=1S/C6H19N7P3S2/c1-7-14(8-2)11-15(9-3-5-17-15)13-16(12-14)10-4-6-18-16/h3,5,7-13H,4,6H2,1-2H3/q+3. The number of rotatable bonds is 2. The number of nitrogens with one attached hydrogen (secondary N) is 7. The topological polar surface area (TPSA) is 84.2 Å². The first-order valence-electron chi connectivity index (χ1n) is 5.60. The minimum Gasteiger partial charge on any atom is -0.221 e.